The molecule has 0 spiro atoms. The zero-order valence-corrected chi connectivity index (χ0v) is 18.3. The number of anilines is 2. The molecule has 3 aromatic carbocycles. The van der Waals surface area contributed by atoms with E-state index in [-0.39, 0.29) is 22.9 Å². The number of nitrogens with one attached hydrogen (secondary N) is 2. The second-order valence-electron chi connectivity index (χ2n) is 6.78. The Morgan fingerprint density at radius 1 is 0.882 bits per heavy atom. The van der Waals surface area contributed by atoms with Crippen LogP contribution in [0.4, 0.5) is 20.2 Å². The van der Waals surface area contributed by atoms with E-state index in [4.69, 9.17) is 10.00 Å². The van der Waals surface area contributed by atoms with Gasteiger partial charge in [0.1, 0.15) is 0 Å². The van der Waals surface area contributed by atoms with Crippen LogP contribution in [0.25, 0.3) is 0 Å². The number of rotatable bonds is 8. The highest BCUT2D eigenvalue weighted by Crippen LogP contribution is 2.24. The van der Waals surface area contributed by atoms with Crippen molar-refractivity contribution in [2.24, 2.45) is 0 Å². The van der Waals surface area contributed by atoms with Crippen LogP contribution < -0.4 is 10.6 Å². The average molecular weight is 481 g/mol. The van der Waals surface area contributed by atoms with Gasteiger partial charge in [0.2, 0.25) is 5.91 Å². The number of esters is 1. The first-order valence-corrected chi connectivity index (χ1v) is 10.8. The second-order valence-corrected chi connectivity index (χ2v) is 7.80. The lowest BCUT2D eigenvalue weighted by Crippen LogP contribution is -2.21. The molecule has 0 saturated heterocycles. The Morgan fingerprint density at radius 2 is 1.62 bits per heavy atom. The normalized spacial score (nSPS) is 10.1. The summed E-state index contributed by atoms with van der Waals surface area (Å²) in [6.07, 6.45) is 0. The van der Waals surface area contributed by atoms with Gasteiger partial charge in [0.15, 0.2) is 18.2 Å². The fraction of sp³-hybridized carbons (Fsp3) is 0.0833. The molecule has 10 heteroatoms. The summed E-state index contributed by atoms with van der Waals surface area (Å²) in [5.74, 6) is -4.05. The average Bonchev–Trinajstić information content (AvgIpc) is 2.84. The lowest BCUT2D eigenvalue weighted by Gasteiger charge is -2.10. The van der Waals surface area contributed by atoms with Gasteiger partial charge >= 0.3 is 5.97 Å². The molecule has 2 amide bonds. The van der Waals surface area contributed by atoms with Crippen molar-refractivity contribution in [2.75, 3.05) is 23.0 Å². The third kappa shape index (κ3) is 6.88. The molecule has 172 valence electrons. The van der Waals surface area contributed by atoms with E-state index in [2.05, 4.69) is 10.6 Å². The molecule has 0 aromatic heterocycles. The van der Waals surface area contributed by atoms with Crippen molar-refractivity contribution < 1.29 is 27.9 Å². The molecule has 0 fully saturated rings. The monoisotopic (exact) mass is 481 g/mol. The molecular formula is C24H17F2N3O4S. The molecule has 0 bridgehead atoms. The Balaban J connectivity index is 1.54. The van der Waals surface area contributed by atoms with Gasteiger partial charge in [-0.3, -0.25) is 9.59 Å². The zero-order valence-electron chi connectivity index (χ0n) is 17.5. The Morgan fingerprint density at radius 3 is 2.38 bits per heavy atom. The first-order valence-electron chi connectivity index (χ1n) is 9.79. The molecule has 2 N–H and O–H groups in total. The number of amides is 2. The third-order valence-electron chi connectivity index (χ3n) is 4.28. The summed E-state index contributed by atoms with van der Waals surface area (Å²) in [5.41, 5.74) is 1.06. The zero-order chi connectivity index (χ0) is 24.5. The largest absolute Gasteiger partial charge is 0.452 e. The Hall–Kier alpha value is -4.23. The minimum atomic E-state index is -1.12. The van der Waals surface area contributed by atoms with Gasteiger partial charge in [0.05, 0.1) is 22.9 Å². The van der Waals surface area contributed by atoms with Crippen molar-refractivity contribution in [3.05, 3.63) is 89.5 Å². The van der Waals surface area contributed by atoms with Gasteiger partial charge in [0, 0.05) is 22.3 Å². The number of thioether (sulfide) groups is 1. The second kappa shape index (κ2) is 11.6. The molecule has 3 aromatic rings. The van der Waals surface area contributed by atoms with Crippen molar-refractivity contribution in [3.8, 4) is 6.07 Å². The van der Waals surface area contributed by atoms with E-state index >= 15 is 0 Å². The van der Waals surface area contributed by atoms with Crippen molar-refractivity contribution in [2.45, 2.75) is 4.90 Å². The first-order chi connectivity index (χ1) is 16.4. The molecule has 0 saturated carbocycles. The molecule has 0 aliphatic rings. The quantitative estimate of drug-likeness (QED) is 0.366. The van der Waals surface area contributed by atoms with Crippen LogP contribution >= 0.6 is 11.8 Å². The Kier molecular flexibility index (Phi) is 8.32. The van der Waals surface area contributed by atoms with Gasteiger partial charge in [-0.25, -0.2) is 13.6 Å². The van der Waals surface area contributed by atoms with Gasteiger partial charge in [0.25, 0.3) is 5.91 Å². The maximum atomic E-state index is 13.2. The van der Waals surface area contributed by atoms with Crippen LogP contribution in [0, 0.1) is 23.0 Å². The molecule has 0 unspecified atom stereocenters. The number of hydrogen-bond donors (Lipinski definition) is 2. The third-order valence-corrected chi connectivity index (χ3v) is 5.35. The standard InChI is InChI=1S/C24H17F2N3O4S/c25-19-9-8-17(11-20(19)26)28-22(30)13-33-24(32)18-6-1-2-7-21(18)34-14-23(31)29-16-5-3-4-15(10-16)12-27/h1-11H,13-14H2,(H,28,30)(H,29,31). The fourth-order valence-corrected chi connectivity index (χ4v) is 3.59. The van der Waals surface area contributed by atoms with Crippen LogP contribution in [0.2, 0.25) is 0 Å². The molecule has 0 aliphatic carbocycles. The summed E-state index contributed by atoms with van der Waals surface area (Å²) in [6.45, 7) is -0.646. The minimum Gasteiger partial charge on any atom is -0.452 e. The molecule has 0 heterocycles. The molecular weight excluding hydrogens is 464 g/mol. The van der Waals surface area contributed by atoms with Crippen LogP contribution in [-0.4, -0.2) is 30.1 Å². The topological polar surface area (TPSA) is 108 Å². The minimum absolute atomic E-state index is 0.0159. The SMILES string of the molecule is N#Cc1cccc(NC(=O)CSc2ccccc2C(=O)OCC(=O)Nc2ccc(F)c(F)c2)c1. The predicted octanol–water partition coefficient (Wildman–Crippen LogP) is 4.36. The number of ether oxygens (including phenoxy) is 1. The predicted molar refractivity (Wildman–Crippen MR) is 122 cm³/mol. The van der Waals surface area contributed by atoms with Gasteiger partial charge in [-0.15, -0.1) is 11.8 Å². The van der Waals surface area contributed by atoms with E-state index in [9.17, 15) is 23.2 Å². The van der Waals surface area contributed by atoms with Crippen LogP contribution in [0.3, 0.4) is 0 Å². The van der Waals surface area contributed by atoms with E-state index in [1.54, 1.807) is 42.5 Å². The Labute approximate surface area is 197 Å². The van der Waals surface area contributed by atoms with E-state index in [1.807, 2.05) is 6.07 Å². The van der Waals surface area contributed by atoms with Crippen LogP contribution in [-0.2, 0) is 14.3 Å². The van der Waals surface area contributed by atoms with Crippen molar-refractivity contribution >= 4 is 40.9 Å². The van der Waals surface area contributed by atoms with E-state index in [0.717, 1.165) is 23.9 Å². The number of carbonyl (C=O) groups excluding carboxylic acids is 3. The van der Waals surface area contributed by atoms with Crippen molar-refractivity contribution in [3.63, 3.8) is 0 Å². The van der Waals surface area contributed by atoms with E-state index < -0.39 is 30.1 Å². The van der Waals surface area contributed by atoms with Gasteiger partial charge < -0.3 is 15.4 Å². The molecule has 0 radical (unpaired) electrons. The number of benzene rings is 3. The summed E-state index contributed by atoms with van der Waals surface area (Å²) in [7, 11) is 0. The van der Waals surface area contributed by atoms with Gasteiger partial charge in [-0.2, -0.15) is 5.26 Å². The molecule has 0 aliphatic heterocycles. The van der Waals surface area contributed by atoms with Crippen molar-refractivity contribution in [1.29, 1.82) is 5.26 Å². The summed E-state index contributed by atoms with van der Waals surface area (Å²) in [4.78, 5) is 37.2. The molecule has 0 atom stereocenters. The molecule has 7 nitrogen and oxygen atoms in total. The fourth-order valence-electron chi connectivity index (χ4n) is 2.75. The Bertz CT molecular complexity index is 1280. The van der Waals surface area contributed by atoms with E-state index in [0.29, 0.717) is 16.1 Å². The maximum absolute atomic E-state index is 13.2. The maximum Gasteiger partial charge on any atom is 0.339 e. The number of nitriles is 1. The smallest absolute Gasteiger partial charge is 0.339 e. The summed E-state index contributed by atoms with van der Waals surface area (Å²) in [5, 5.41) is 13.9. The van der Waals surface area contributed by atoms with Crippen LogP contribution in [0.15, 0.2) is 71.6 Å². The number of halogens is 2. The van der Waals surface area contributed by atoms with Crippen molar-refractivity contribution in [1.82, 2.24) is 0 Å². The highest BCUT2D eigenvalue weighted by molar-refractivity contribution is 8.00. The van der Waals surface area contributed by atoms with Gasteiger partial charge in [-0.1, -0.05) is 18.2 Å². The first kappa shape index (κ1) is 24.4. The highest BCUT2D eigenvalue weighted by atomic mass is 32.2. The van der Waals surface area contributed by atoms with Crippen LogP contribution in [0.1, 0.15) is 15.9 Å². The summed E-state index contributed by atoms with van der Waals surface area (Å²) >= 11 is 1.10. The number of carbonyl (C=O) groups is 3. The van der Waals surface area contributed by atoms with Crippen LogP contribution in [0.5, 0.6) is 0 Å². The summed E-state index contributed by atoms with van der Waals surface area (Å²) in [6, 6.07) is 17.7. The highest BCUT2D eigenvalue weighted by Gasteiger charge is 2.16. The number of hydrogen-bond acceptors (Lipinski definition) is 6. The molecule has 3 rings (SSSR count). The van der Waals surface area contributed by atoms with Gasteiger partial charge in [-0.05, 0) is 42.5 Å². The lowest BCUT2D eigenvalue weighted by atomic mass is 10.2. The van der Waals surface area contributed by atoms with E-state index in [1.165, 1.54) is 12.1 Å². The number of nitrogens with zero attached hydrogens (tertiary/aromatic N) is 1. The molecule has 34 heavy (non-hydrogen) atoms. The summed E-state index contributed by atoms with van der Waals surface area (Å²) < 4.78 is 31.2. The lowest BCUT2D eigenvalue weighted by molar-refractivity contribution is -0.119.